The lowest BCUT2D eigenvalue weighted by Crippen LogP contribution is -2.19. The highest BCUT2D eigenvalue weighted by atomic mass is 16.1. The molecule has 1 aromatic heterocycles. The lowest BCUT2D eigenvalue weighted by atomic mass is 9.98. The Morgan fingerprint density at radius 3 is 2.81 bits per heavy atom. The molecule has 5 heteroatoms. The van der Waals surface area contributed by atoms with E-state index in [0.29, 0.717) is 12.8 Å². The van der Waals surface area contributed by atoms with Gasteiger partial charge in [0.15, 0.2) is 0 Å². The molecule has 3 aromatic rings. The number of aromatic nitrogens is 2. The quantitative estimate of drug-likeness (QED) is 0.720. The molecule has 0 saturated carbocycles. The van der Waals surface area contributed by atoms with Gasteiger partial charge in [-0.2, -0.15) is 0 Å². The van der Waals surface area contributed by atoms with Crippen LogP contribution in [0.5, 0.6) is 0 Å². The maximum absolute atomic E-state index is 11.5. The van der Waals surface area contributed by atoms with Crippen LogP contribution >= 0.6 is 0 Å². The minimum atomic E-state index is 0.0911. The number of rotatable bonds is 5. The van der Waals surface area contributed by atoms with Gasteiger partial charge in [0.2, 0.25) is 5.91 Å². The van der Waals surface area contributed by atoms with Crippen LogP contribution in [0.1, 0.15) is 41.9 Å². The van der Waals surface area contributed by atoms with Crippen LogP contribution in [0.3, 0.4) is 0 Å². The van der Waals surface area contributed by atoms with Gasteiger partial charge in [-0.15, -0.1) is 0 Å². The van der Waals surface area contributed by atoms with E-state index < -0.39 is 0 Å². The van der Waals surface area contributed by atoms with Crippen LogP contribution < -0.4 is 10.6 Å². The average molecular weight is 358 g/mol. The Balaban J connectivity index is 1.47. The molecule has 0 bridgehead atoms. The van der Waals surface area contributed by atoms with Crippen LogP contribution in [-0.2, 0) is 17.6 Å². The summed E-state index contributed by atoms with van der Waals surface area (Å²) in [4.78, 5) is 20.6. The Hall–Kier alpha value is -3.21. The number of aryl methyl sites for hydroxylation is 1. The highest BCUT2D eigenvalue weighted by Crippen LogP contribution is 2.27. The smallest absolute Gasteiger partial charge is 0.224 e. The Labute approximate surface area is 158 Å². The van der Waals surface area contributed by atoms with Crippen molar-refractivity contribution in [2.75, 3.05) is 10.6 Å². The summed E-state index contributed by atoms with van der Waals surface area (Å²) in [5, 5.41) is 6.39. The SMILES string of the molecule is CC(Nc1ccnc(Cc2ccccc2)n1)c1ccc2c(c1)CCC(=O)N2. The van der Waals surface area contributed by atoms with Gasteiger partial charge < -0.3 is 10.6 Å². The van der Waals surface area contributed by atoms with E-state index in [1.54, 1.807) is 6.20 Å². The van der Waals surface area contributed by atoms with Gasteiger partial charge >= 0.3 is 0 Å². The number of nitrogens with zero attached hydrogens (tertiary/aromatic N) is 2. The van der Waals surface area contributed by atoms with Gasteiger partial charge in [-0.1, -0.05) is 42.5 Å². The van der Waals surface area contributed by atoms with Crippen LogP contribution in [0.25, 0.3) is 0 Å². The van der Waals surface area contributed by atoms with Gasteiger partial charge in [0, 0.05) is 30.8 Å². The van der Waals surface area contributed by atoms with Crippen molar-refractivity contribution in [3.8, 4) is 0 Å². The van der Waals surface area contributed by atoms with E-state index in [9.17, 15) is 4.79 Å². The van der Waals surface area contributed by atoms with Gasteiger partial charge in [-0.05, 0) is 42.2 Å². The van der Waals surface area contributed by atoms with Gasteiger partial charge in [-0.3, -0.25) is 4.79 Å². The normalized spacial score (nSPS) is 14.2. The van der Waals surface area contributed by atoms with Crippen molar-refractivity contribution in [1.82, 2.24) is 9.97 Å². The molecule has 0 saturated heterocycles. The molecule has 4 rings (SSSR count). The zero-order valence-corrected chi connectivity index (χ0v) is 15.3. The Kier molecular flexibility index (Phi) is 4.83. The summed E-state index contributed by atoms with van der Waals surface area (Å²) in [6, 6.07) is 18.4. The van der Waals surface area contributed by atoms with Crippen LogP contribution in [-0.4, -0.2) is 15.9 Å². The predicted molar refractivity (Wildman–Crippen MR) is 107 cm³/mol. The van der Waals surface area contributed by atoms with E-state index in [1.807, 2.05) is 36.4 Å². The van der Waals surface area contributed by atoms with E-state index in [4.69, 9.17) is 0 Å². The number of benzene rings is 2. The van der Waals surface area contributed by atoms with Gasteiger partial charge in [0.05, 0.1) is 0 Å². The first-order chi connectivity index (χ1) is 13.2. The molecule has 0 spiro atoms. The third-order valence-corrected chi connectivity index (χ3v) is 4.80. The summed E-state index contributed by atoms with van der Waals surface area (Å²) in [5.74, 6) is 1.70. The molecule has 136 valence electrons. The van der Waals surface area contributed by atoms with Crippen LogP contribution in [0.4, 0.5) is 11.5 Å². The third kappa shape index (κ3) is 4.14. The summed E-state index contributed by atoms with van der Waals surface area (Å²) in [7, 11) is 0. The number of anilines is 2. The summed E-state index contributed by atoms with van der Waals surface area (Å²) >= 11 is 0. The van der Waals surface area contributed by atoms with Crippen molar-refractivity contribution in [2.45, 2.75) is 32.2 Å². The fourth-order valence-corrected chi connectivity index (χ4v) is 3.32. The van der Waals surface area contributed by atoms with E-state index in [2.05, 4.69) is 45.7 Å². The molecule has 1 unspecified atom stereocenters. The molecule has 1 atom stereocenters. The number of carbonyl (C=O) groups is 1. The van der Waals surface area contributed by atoms with Crippen molar-refractivity contribution in [1.29, 1.82) is 0 Å². The molecule has 0 aliphatic carbocycles. The maximum atomic E-state index is 11.5. The first-order valence-corrected chi connectivity index (χ1v) is 9.22. The largest absolute Gasteiger partial charge is 0.363 e. The fourth-order valence-electron chi connectivity index (χ4n) is 3.32. The van der Waals surface area contributed by atoms with Gasteiger partial charge in [0.25, 0.3) is 0 Å². The molecule has 1 amide bonds. The van der Waals surface area contributed by atoms with Crippen LogP contribution in [0.2, 0.25) is 0 Å². The van der Waals surface area contributed by atoms with E-state index in [-0.39, 0.29) is 11.9 Å². The average Bonchev–Trinajstić information content (AvgIpc) is 2.68. The zero-order valence-electron chi connectivity index (χ0n) is 15.3. The second-order valence-electron chi connectivity index (χ2n) is 6.85. The number of amides is 1. The van der Waals surface area contributed by atoms with Crippen molar-refractivity contribution >= 4 is 17.4 Å². The van der Waals surface area contributed by atoms with Gasteiger partial charge in [0.1, 0.15) is 11.6 Å². The molecule has 2 N–H and O–H groups in total. The second kappa shape index (κ2) is 7.58. The van der Waals surface area contributed by atoms with E-state index in [0.717, 1.165) is 23.8 Å². The molecule has 1 aliphatic heterocycles. The Morgan fingerprint density at radius 2 is 1.96 bits per heavy atom. The monoisotopic (exact) mass is 358 g/mol. The molecular formula is C22H22N4O. The van der Waals surface area contributed by atoms with E-state index in [1.165, 1.54) is 16.7 Å². The molecule has 1 aliphatic rings. The molecule has 5 nitrogen and oxygen atoms in total. The lowest BCUT2D eigenvalue weighted by Gasteiger charge is -2.21. The summed E-state index contributed by atoms with van der Waals surface area (Å²) in [6.45, 7) is 2.11. The topological polar surface area (TPSA) is 66.9 Å². The molecule has 2 heterocycles. The highest BCUT2D eigenvalue weighted by molar-refractivity contribution is 5.93. The number of hydrogen-bond acceptors (Lipinski definition) is 4. The Bertz CT molecular complexity index is 956. The van der Waals surface area contributed by atoms with Crippen molar-refractivity contribution in [3.05, 3.63) is 83.3 Å². The van der Waals surface area contributed by atoms with Crippen molar-refractivity contribution in [2.24, 2.45) is 0 Å². The van der Waals surface area contributed by atoms with Crippen molar-refractivity contribution in [3.63, 3.8) is 0 Å². The van der Waals surface area contributed by atoms with Crippen molar-refractivity contribution < 1.29 is 4.79 Å². The minimum absolute atomic E-state index is 0.0911. The van der Waals surface area contributed by atoms with E-state index >= 15 is 0 Å². The molecule has 0 fully saturated rings. The minimum Gasteiger partial charge on any atom is -0.363 e. The predicted octanol–water partition coefficient (Wildman–Crippen LogP) is 4.13. The third-order valence-electron chi connectivity index (χ3n) is 4.80. The summed E-state index contributed by atoms with van der Waals surface area (Å²) in [5.41, 5.74) is 4.48. The fraction of sp³-hybridized carbons (Fsp3) is 0.227. The number of carbonyl (C=O) groups excluding carboxylic acids is 1. The van der Waals surface area contributed by atoms with Crippen LogP contribution in [0, 0.1) is 0 Å². The lowest BCUT2D eigenvalue weighted by molar-refractivity contribution is -0.116. The second-order valence-corrected chi connectivity index (χ2v) is 6.85. The number of nitrogens with one attached hydrogen (secondary N) is 2. The first kappa shape index (κ1) is 17.2. The number of hydrogen-bond donors (Lipinski definition) is 2. The molecule has 27 heavy (non-hydrogen) atoms. The summed E-state index contributed by atoms with van der Waals surface area (Å²) in [6.07, 6.45) is 3.84. The summed E-state index contributed by atoms with van der Waals surface area (Å²) < 4.78 is 0. The van der Waals surface area contributed by atoms with Gasteiger partial charge in [-0.25, -0.2) is 9.97 Å². The molecule has 2 aromatic carbocycles. The first-order valence-electron chi connectivity index (χ1n) is 9.22. The van der Waals surface area contributed by atoms with Crippen LogP contribution in [0.15, 0.2) is 60.8 Å². The standard InChI is InChI=1S/C22H22N4O/c1-15(17-7-9-19-18(14-17)8-10-22(27)25-19)24-20-11-12-23-21(26-20)13-16-5-3-2-4-6-16/h2-7,9,11-12,14-15H,8,10,13H2,1H3,(H,25,27)(H,23,24,26). The molecule has 0 radical (unpaired) electrons. The highest BCUT2D eigenvalue weighted by Gasteiger charge is 2.16. The zero-order chi connectivity index (χ0) is 18.6. The number of fused-ring (bicyclic) bond motifs is 1. The Morgan fingerprint density at radius 1 is 1.11 bits per heavy atom. The maximum Gasteiger partial charge on any atom is 0.224 e. The molecular weight excluding hydrogens is 336 g/mol.